The summed E-state index contributed by atoms with van der Waals surface area (Å²) in [7, 11) is 1.85. The predicted molar refractivity (Wildman–Crippen MR) is 129 cm³/mol. The zero-order valence-corrected chi connectivity index (χ0v) is 19.9. The summed E-state index contributed by atoms with van der Waals surface area (Å²) in [5.41, 5.74) is 8.28. The second-order valence-corrected chi connectivity index (χ2v) is 8.63. The van der Waals surface area contributed by atoms with Crippen molar-refractivity contribution >= 4 is 5.91 Å². The summed E-state index contributed by atoms with van der Waals surface area (Å²) in [6, 6.07) is 16.4. The molecule has 2 aromatic heterocycles. The zero-order chi connectivity index (χ0) is 23.5. The van der Waals surface area contributed by atoms with E-state index in [1.807, 2.05) is 62.1 Å². The lowest BCUT2D eigenvalue weighted by atomic mass is 10.0. The van der Waals surface area contributed by atoms with Gasteiger partial charge in [-0.3, -0.25) is 4.79 Å². The average molecular weight is 443 g/mol. The Morgan fingerprint density at radius 2 is 1.79 bits per heavy atom. The molecular formula is C27H30N4O2. The Kier molecular flexibility index (Phi) is 6.45. The molecule has 2 aromatic carbocycles. The van der Waals surface area contributed by atoms with E-state index in [0.29, 0.717) is 19.4 Å². The molecule has 0 aliphatic heterocycles. The molecule has 0 aliphatic carbocycles. The fourth-order valence-corrected chi connectivity index (χ4v) is 4.00. The third kappa shape index (κ3) is 4.90. The van der Waals surface area contributed by atoms with Crippen LogP contribution in [0.4, 0.5) is 0 Å². The number of rotatable bonds is 7. The van der Waals surface area contributed by atoms with E-state index in [0.717, 1.165) is 39.5 Å². The van der Waals surface area contributed by atoms with Crippen LogP contribution in [0.3, 0.4) is 0 Å². The van der Waals surface area contributed by atoms with Gasteiger partial charge in [-0.25, -0.2) is 4.68 Å². The van der Waals surface area contributed by atoms with Crippen LogP contribution in [0.15, 0.2) is 59.3 Å². The molecular weight excluding hydrogens is 412 g/mol. The van der Waals surface area contributed by atoms with Crippen LogP contribution in [0.2, 0.25) is 0 Å². The summed E-state index contributed by atoms with van der Waals surface area (Å²) in [6.45, 7) is 8.49. The molecule has 6 heteroatoms. The van der Waals surface area contributed by atoms with Crippen LogP contribution in [0.25, 0.3) is 16.9 Å². The van der Waals surface area contributed by atoms with Crippen LogP contribution in [0.1, 0.15) is 40.1 Å². The maximum absolute atomic E-state index is 12.9. The molecule has 0 atom stereocenters. The van der Waals surface area contributed by atoms with Crippen molar-refractivity contribution in [2.45, 2.75) is 47.1 Å². The molecule has 2 heterocycles. The van der Waals surface area contributed by atoms with Gasteiger partial charge >= 0.3 is 0 Å². The lowest BCUT2D eigenvalue weighted by Gasteiger charge is -2.17. The fraction of sp³-hybridized carbons (Fsp3) is 0.296. The number of hydrogen-bond donors (Lipinski definition) is 0. The Morgan fingerprint density at radius 3 is 2.45 bits per heavy atom. The molecule has 0 bridgehead atoms. The van der Waals surface area contributed by atoms with Gasteiger partial charge in [0.05, 0.1) is 17.1 Å². The van der Waals surface area contributed by atoms with Gasteiger partial charge in [-0.1, -0.05) is 35.5 Å². The summed E-state index contributed by atoms with van der Waals surface area (Å²) in [5.74, 6) is 0.859. The molecule has 0 unspecified atom stereocenters. The third-order valence-electron chi connectivity index (χ3n) is 6.19. The summed E-state index contributed by atoms with van der Waals surface area (Å²) >= 11 is 0. The monoisotopic (exact) mass is 442 g/mol. The highest BCUT2D eigenvalue weighted by molar-refractivity contribution is 5.76. The quantitative estimate of drug-likeness (QED) is 0.387. The molecule has 0 aliphatic rings. The Balaban J connectivity index is 1.59. The van der Waals surface area contributed by atoms with E-state index in [4.69, 9.17) is 9.62 Å². The first kappa shape index (κ1) is 22.5. The minimum atomic E-state index is 0.0773. The van der Waals surface area contributed by atoms with Crippen LogP contribution >= 0.6 is 0 Å². The summed E-state index contributed by atoms with van der Waals surface area (Å²) in [4.78, 5) is 14.7. The van der Waals surface area contributed by atoms with E-state index >= 15 is 0 Å². The zero-order valence-electron chi connectivity index (χ0n) is 19.9. The SMILES string of the molecule is Cc1ccc(-c2nn(-c3ccccc3)cc2CN(C)C(=O)CCc2c(C)noc2C)cc1C. The summed E-state index contributed by atoms with van der Waals surface area (Å²) < 4.78 is 7.12. The normalized spacial score (nSPS) is 11.1. The number of carbonyl (C=O) groups excluding carboxylic acids is 1. The summed E-state index contributed by atoms with van der Waals surface area (Å²) in [5, 5.41) is 8.89. The molecule has 4 aromatic rings. The Labute approximate surface area is 194 Å². The van der Waals surface area contributed by atoms with Gasteiger partial charge in [0.2, 0.25) is 5.91 Å². The molecule has 0 radical (unpaired) electrons. The Bertz CT molecular complexity index is 1250. The topological polar surface area (TPSA) is 64.2 Å². The molecule has 1 amide bonds. The van der Waals surface area contributed by atoms with Crippen molar-refractivity contribution < 1.29 is 9.32 Å². The molecule has 4 rings (SSSR count). The van der Waals surface area contributed by atoms with Crippen LogP contribution in [0.5, 0.6) is 0 Å². The smallest absolute Gasteiger partial charge is 0.222 e. The van der Waals surface area contributed by atoms with Gasteiger partial charge in [0, 0.05) is 42.9 Å². The number of hydrogen-bond acceptors (Lipinski definition) is 4. The van der Waals surface area contributed by atoms with Crippen molar-refractivity contribution in [1.82, 2.24) is 19.8 Å². The van der Waals surface area contributed by atoms with E-state index in [1.54, 1.807) is 4.90 Å². The maximum atomic E-state index is 12.9. The third-order valence-corrected chi connectivity index (χ3v) is 6.19. The number of amides is 1. The molecule has 0 saturated carbocycles. The highest BCUT2D eigenvalue weighted by Crippen LogP contribution is 2.27. The fourth-order valence-electron chi connectivity index (χ4n) is 4.00. The number of aromatic nitrogens is 3. The van der Waals surface area contributed by atoms with Gasteiger partial charge in [0.15, 0.2) is 0 Å². The number of benzene rings is 2. The van der Waals surface area contributed by atoms with Gasteiger partial charge in [-0.15, -0.1) is 0 Å². The van der Waals surface area contributed by atoms with Crippen molar-refractivity contribution in [2.75, 3.05) is 7.05 Å². The molecule has 33 heavy (non-hydrogen) atoms. The highest BCUT2D eigenvalue weighted by Gasteiger charge is 2.18. The second-order valence-electron chi connectivity index (χ2n) is 8.63. The average Bonchev–Trinajstić information content (AvgIpc) is 3.37. The van der Waals surface area contributed by atoms with E-state index in [1.165, 1.54) is 11.1 Å². The molecule has 0 saturated heterocycles. The lowest BCUT2D eigenvalue weighted by molar-refractivity contribution is -0.130. The largest absolute Gasteiger partial charge is 0.361 e. The van der Waals surface area contributed by atoms with Gasteiger partial charge < -0.3 is 9.42 Å². The highest BCUT2D eigenvalue weighted by atomic mass is 16.5. The minimum absolute atomic E-state index is 0.0773. The van der Waals surface area contributed by atoms with Gasteiger partial charge in [-0.2, -0.15) is 5.10 Å². The van der Waals surface area contributed by atoms with Crippen LogP contribution in [-0.2, 0) is 17.8 Å². The van der Waals surface area contributed by atoms with Crippen LogP contribution in [0, 0.1) is 27.7 Å². The molecule has 170 valence electrons. The maximum Gasteiger partial charge on any atom is 0.222 e. The molecule has 0 N–H and O–H groups in total. The van der Waals surface area contributed by atoms with Crippen molar-refractivity contribution in [3.8, 4) is 16.9 Å². The van der Waals surface area contributed by atoms with E-state index in [-0.39, 0.29) is 5.91 Å². The van der Waals surface area contributed by atoms with E-state index in [9.17, 15) is 4.79 Å². The van der Waals surface area contributed by atoms with Crippen LogP contribution < -0.4 is 0 Å². The predicted octanol–water partition coefficient (Wildman–Crippen LogP) is 5.35. The number of carbonyl (C=O) groups is 1. The second kappa shape index (κ2) is 9.45. The molecule has 0 spiro atoms. The van der Waals surface area contributed by atoms with E-state index < -0.39 is 0 Å². The standard InChI is InChI=1S/C27H30N4O2/c1-18-11-12-22(15-19(18)2)27-23(17-31(28-27)24-9-7-6-8-10-24)16-30(5)26(32)14-13-25-20(3)29-33-21(25)4/h6-12,15,17H,13-14,16H2,1-5H3. The van der Waals surface area contributed by atoms with Gasteiger partial charge in [0.25, 0.3) is 0 Å². The van der Waals surface area contributed by atoms with Crippen molar-refractivity contribution in [2.24, 2.45) is 0 Å². The van der Waals surface area contributed by atoms with E-state index in [2.05, 4.69) is 37.2 Å². The lowest BCUT2D eigenvalue weighted by Crippen LogP contribution is -2.26. The Morgan fingerprint density at radius 1 is 1.03 bits per heavy atom. The first-order chi connectivity index (χ1) is 15.8. The number of nitrogens with zero attached hydrogens (tertiary/aromatic N) is 4. The van der Waals surface area contributed by atoms with Crippen molar-refractivity contribution in [3.63, 3.8) is 0 Å². The Hall–Kier alpha value is -3.67. The molecule has 0 fully saturated rings. The van der Waals surface area contributed by atoms with Crippen molar-refractivity contribution in [3.05, 3.63) is 88.4 Å². The van der Waals surface area contributed by atoms with Crippen molar-refractivity contribution in [1.29, 1.82) is 0 Å². The first-order valence-corrected chi connectivity index (χ1v) is 11.2. The molecule has 6 nitrogen and oxygen atoms in total. The first-order valence-electron chi connectivity index (χ1n) is 11.2. The minimum Gasteiger partial charge on any atom is -0.361 e. The van der Waals surface area contributed by atoms with Gasteiger partial charge in [-0.05, 0) is 63.4 Å². The summed E-state index contributed by atoms with van der Waals surface area (Å²) in [6.07, 6.45) is 3.06. The van der Waals surface area contributed by atoms with Gasteiger partial charge in [0.1, 0.15) is 5.76 Å². The number of aryl methyl sites for hydroxylation is 4. The number of para-hydroxylation sites is 1. The van der Waals surface area contributed by atoms with Crippen LogP contribution in [-0.4, -0.2) is 32.8 Å².